The van der Waals surface area contributed by atoms with Crippen LogP contribution in [0.5, 0.6) is 0 Å². The van der Waals surface area contributed by atoms with Crippen LogP contribution in [0, 0.1) is 11.3 Å². The molecule has 2 aliphatic heterocycles. The summed E-state index contributed by atoms with van der Waals surface area (Å²) in [4.78, 5) is 6.94. The van der Waals surface area contributed by atoms with Crippen molar-refractivity contribution < 1.29 is 4.74 Å². The highest BCUT2D eigenvalue weighted by Gasteiger charge is 2.42. The molecule has 114 valence electrons. The Morgan fingerprint density at radius 3 is 2.85 bits per heavy atom. The average Bonchev–Trinajstić information content (AvgIpc) is 3.12. The van der Waals surface area contributed by atoms with Crippen molar-refractivity contribution in [1.29, 1.82) is 0 Å². The maximum Gasteiger partial charge on any atom is 0.193 e. The maximum atomic E-state index is 5.61. The molecule has 3 rings (SSSR count). The molecule has 3 aliphatic rings. The molecule has 1 unspecified atom stereocenters. The maximum absolute atomic E-state index is 5.61. The van der Waals surface area contributed by atoms with E-state index in [2.05, 4.69) is 15.2 Å². The average molecular weight is 279 g/mol. The number of hydrogen-bond acceptors (Lipinski definition) is 2. The highest BCUT2D eigenvalue weighted by molar-refractivity contribution is 5.80. The number of hydrogen-bond donors (Lipinski definition) is 1. The fourth-order valence-electron chi connectivity index (χ4n) is 4.05. The molecular formula is C16H29N3O. The number of aliphatic imine (C=N–C) groups is 1. The lowest BCUT2D eigenvalue weighted by atomic mass is 9.87. The molecule has 0 aromatic carbocycles. The number of ether oxygens (including phenoxy) is 1. The zero-order valence-electron chi connectivity index (χ0n) is 12.9. The molecule has 0 aromatic heterocycles. The Balaban J connectivity index is 1.49. The normalized spacial score (nSPS) is 32.2. The summed E-state index contributed by atoms with van der Waals surface area (Å²) in [5, 5.41) is 3.62. The molecule has 1 atom stereocenters. The van der Waals surface area contributed by atoms with Crippen LogP contribution in [-0.4, -0.2) is 50.8 Å². The van der Waals surface area contributed by atoms with Crippen LogP contribution in [0.4, 0.5) is 0 Å². The van der Waals surface area contributed by atoms with Crippen molar-refractivity contribution in [2.45, 2.75) is 44.9 Å². The van der Waals surface area contributed by atoms with E-state index in [0.717, 1.165) is 44.7 Å². The Labute approximate surface area is 123 Å². The Hall–Kier alpha value is -0.770. The first-order valence-corrected chi connectivity index (χ1v) is 8.35. The van der Waals surface area contributed by atoms with Gasteiger partial charge in [0, 0.05) is 38.7 Å². The van der Waals surface area contributed by atoms with Crippen molar-refractivity contribution in [2.24, 2.45) is 16.3 Å². The van der Waals surface area contributed by atoms with Crippen LogP contribution in [0.15, 0.2) is 4.99 Å². The van der Waals surface area contributed by atoms with Gasteiger partial charge >= 0.3 is 0 Å². The molecule has 4 nitrogen and oxygen atoms in total. The van der Waals surface area contributed by atoms with Crippen molar-refractivity contribution in [3.05, 3.63) is 0 Å². The zero-order chi connectivity index (χ0) is 13.8. The Morgan fingerprint density at radius 2 is 2.15 bits per heavy atom. The molecule has 1 aliphatic carbocycles. The first-order chi connectivity index (χ1) is 9.81. The summed E-state index contributed by atoms with van der Waals surface area (Å²) in [6.45, 7) is 5.25. The molecule has 1 spiro atoms. The third-order valence-electron chi connectivity index (χ3n) is 5.41. The standard InChI is InChI=1S/C16H29N3O/c1-17-15(18-11-14-5-3-2-4-6-14)19-9-7-16(12-19)8-10-20-13-16/h14H,2-13H2,1H3,(H,17,18). The molecule has 4 heteroatoms. The second-order valence-corrected chi connectivity index (χ2v) is 6.91. The van der Waals surface area contributed by atoms with E-state index in [9.17, 15) is 0 Å². The topological polar surface area (TPSA) is 36.9 Å². The predicted octanol–water partition coefficient (Wildman–Crippen LogP) is 2.25. The van der Waals surface area contributed by atoms with E-state index in [1.165, 1.54) is 44.9 Å². The van der Waals surface area contributed by atoms with Crippen LogP contribution in [-0.2, 0) is 4.74 Å². The molecule has 1 saturated carbocycles. The summed E-state index contributed by atoms with van der Waals surface area (Å²) in [6, 6.07) is 0. The molecule has 20 heavy (non-hydrogen) atoms. The number of rotatable bonds is 2. The van der Waals surface area contributed by atoms with Crippen LogP contribution >= 0.6 is 0 Å². The van der Waals surface area contributed by atoms with Crippen LogP contribution in [0.3, 0.4) is 0 Å². The lowest BCUT2D eigenvalue weighted by Crippen LogP contribution is -2.43. The van der Waals surface area contributed by atoms with Gasteiger partial charge < -0.3 is 15.0 Å². The minimum absolute atomic E-state index is 0.419. The van der Waals surface area contributed by atoms with Gasteiger partial charge in [-0.25, -0.2) is 0 Å². The lowest BCUT2D eigenvalue weighted by Gasteiger charge is -2.27. The fourth-order valence-corrected chi connectivity index (χ4v) is 4.05. The quantitative estimate of drug-likeness (QED) is 0.622. The van der Waals surface area contributed by atoms with Gasteiger partial charge in [-0.15, -0.1) is 0 Å². The summed E-state index contributed by atoms with van der Waals surface area (Å²) < 4.78 is 5.61. The number of likely N-dealkylation sites (tertiary alicyclic amines) is 1. The van der Waals surface area contributed by atoms with Gasteiger partial charge in [0.25, 0.3) is 0 Å². The van der Waals surface area contributed by atoms with E-state index < -0.39 is 0 Å². The van der Waals surface area contributed by atoms with Crippen LogP contribution in [0.1, 0.15) is 44.9 Å². The van der Waals surface area contributed by atoms with Gasteiger partial charge in [0.2, 0.25) is 0 Å². The second kappa shape index (κ2) is 6.33. The van der Waals surface area contributed by atoms with Crippen molar-refractivity contribution in [2.75, 3.05) is 39.9 Å². The van der Waals surface area contributed by atoms with Crippen LogP contribution in [0.25, 0.3) is 0 Å². The molecule has 0 bridgehead atoms. The minimum Gasteiger partial charge on any atom is -0.381 e. The predicted molar refractivity (Wildman–Crippen MR) is 82.0 cm³/mol. The van der Waals surface area contributed by atoms with Crippen molar-refractivity contribution in [1.82, 2.24) is 10.2 Å². The number of nitrogens with zero attached hydrogens (tertiary/aromatic N) is 2. The number of guanidine groups is 1. The van der Waals surface area contributed by atoms with Gasteiger partial charge in [-0.3, -0.25) is 4.99 Å². The van der Waals surface area contributed by atoms with Gasteiger partial charge in [-0.2, -0.15) is 0 Å². The molecule has 0 aromatic rings. The number of nitrogens with one attached hydrogen (secondary N) is 1. The molecule has 2 saturated heterocycles. The third kappa shape index (κ3) is 3.11. The Bertz CT molecular complexity index is 344. The third-order valence-corrected chi connectivity index (χ3v) is 5.41. The van der Waals surface area contributed by atoms with Gasteiger partial charge in [0.05, 0.1) is 6.61 Å². The second-order valence-electron chi connectivity index (χ2n) is 6.91. The van der Waals surface area contributed by atoms with E-state index in [1.54, 1.807) is 0 Å². The summed E-state index contributed by atoms with van der Waals surface area (Å²) in [6.07, 6.45) is 9.52. The zero-order valence-corrected chi connectivity index (χ0v) is 12.9. The van der Waals surface area contributed by atoms with E-state index in [0.29, 0.717) is 5.41 Å². The van der Waals surface area contributed by atoms with E-state index >= 15 is 0 Å². The summed E-state index contributed by atoms with van der Waals surface area (Å²) in [7, 11) is 1.92. The highest BCUT2D eigenvalue weighted by Crippen LogP contribution is 2.38. The monoisotopic (exact) mass is 279 g/mol. The van der Waals surface area contributed by atoms with Crippen molar-refractivity contribution in [3.8, 4) is 0 Å². The summed E-state index contributed by atoms with van der Waals surface area (Å²) >= 11 is 0. The Morgan fingerprint density at radius 1 is 1.30 bits per heavy atom. The van der Waals surface area contributed by atoms with E-state index in [4.69, 9.17) is 4.74 Å². The van der Waals surface area contributed by atoms with E-state index in [1.807, 2.05) is 7.05 Å². The first-order valence-electron chi connectivity index (χ1n) is 8.35. The summed E-state index contributed by atoms with van der Waals surface area (Å²) in [5.41, 5.74) is 0.419. The molecule has 0 amide bonds. The van der Waals surface area contributed by atoms with Gasteiger partial charge in [0.15, 0.2) is 5.96 Å². The molecular weight excluding hydrogens is 250 g/mol. The SMILES string of the molecule is CN=C(NCC1CCCCC1)N1CCC2(CCOC2)C1. The molecule has 1 N–H and O–H groups in total. The molecule has 0 radical (unpaired) electrons. The fraction of sp³-hybridized carbons (Fsp3) is 0.938. The smallest absolute Gasteiger partial charge is 0.193 e. The van der Waals surface area contributed by atoms with Gasteiger partial charge in [0.1, 0.15) is 0 Å². The van der Waals surface area contributed by atoms with E-state index in [-0.39, 0.29) is 0 Å². The van der Waals surface area contributed by atoms with Crippen LogP contribution in [0.2, 0.25) is 0 Å². The lowest BCUT2D eigenvalue weighted by molar-refractivity contribution is 0.156. The first kappa shape index (κ1) is 14.2. The molecule has 3 fully saturated rings. The minimum atomic E-state index is 0.419. The van der Waals surface area contributed by atoms with Crippen LogP contribution < -0.4 is 5.32 Å². The van der Waals surface area contributed by atoms with Crippen molar-refractivity contribution >= 4 is 5.96 Å². The van der Waals surface area contributed by atoms with Gasteiger partial charge in [-0.1, -0.05) is 19.3 Å². The summed E-state index contributed by atoms with van der Waals surface area (Å²) in [5.74, 6) is 1.96. The highest BCUT2D eigenvalue weighted by atomic mass is 16.5. The Kier molecular flexibility index (Phi) is 4.49. The molecule has 2 heterocycles. The van der Waals surface area contributed by atoms with Crippen molar-refractivity contribution in [3.63, 3.8) is 0 Å². The van der Waals surface area contributed by atoms with Gasteiger partial charge in [-0.05, 0) is 31.6 Å². The largest absolute Gasteiger partial charge is 0.381 e.